The number of aromatic nitrogens is 1. The number of carboxylic acid groups (broad SMARTS) is 1. The third kappa shape index (κ3) is 11.5. The average Bonchev–Trinajstić information content (AvgIpc) is 3.82. The molecule has 1 aromatic heterocycles. The monoisotopic (exact) mass is 919 g/mol. The number of H-pyrrole nitrogens is 1. The number of aromatic hydroxyl groups is 1. The van der Waals surface area contributed by atoms with Crippen LogP contribution in [0, 0.1) is 11.8 Å². The van der Waals surface area contributed by atoms with E-state index >= 15 is 0 Å². The Labute approximate surface area is 367 Å². The Morgan fingerprint density at radius 3 is 2.19 bits per heavy atom. The van der Waals surface area contributed by atoms with Crippen molar-refractivity contribution in [2.75, 3.05) is 32.0 Å². The minimum absolute atomic E-state index is 0.0635. The summed E-state index contributed by atoms with van der Waals surface area (Å²) in [5.74, 6) is -12.9. The van der Waals surface area contributed by atoms with Gasteiger partial charge in [-0.1, -0.05) is 27.2 Å². The van der Waals surface area contributed by atoms with E-state index in [2.05, 4.69) is 42.2 Å². The molecule has 0 radical (unpaired) electrons. The standard InChI is InChI=1S/C39H53N9O15S/c1-4-16(2)31-36(60)41-11-28(53)42-25-15-64(63)38-21(20-6-5-18(50)7-22(20)45-38)9-23(33(57)40-12-29(54)46-31)43-37(61)32(17(3)27(52)14-49)47-35(59)26-8-19(51)13-48(26)39(62)24(10-30(55)56)44-34(25)58/h5-7,16-17,19,23-27,31-32,45,49-52H,4,8-15H2,1-3H3,(H,40,57)(H,41,60)(H,42,53)(H,43,61)(H,44,58)(H,46,54)(H,47,59)(H,55,56)/t16?,17-,19+,23-,24-,25-,26-,27-,31-,32-,64?/m0/s1. The number of hydrogen-bond acceptors (Lipinski definition) is 14. The number of phenolic OH excluding ortho intramolecular Hbond substituents is 1. The van der Waals surface area contributed by atoms with E-state index in [1.807, 2.05) is 0 Å². The number of nitrogens with zero attached hydrogens (tertiary/aromatic N) is 1. The summed E-state index contributed by atoms with van der Waals surface area (Å²) >= 11 is 0. The molecule has 0 saturated carbocycles. The molecular weight excluding hydrogens is 867 g/mol. The molecule has 3 aliphatic heterocycles. The first-order chi connectivity index (χ1) is 30.2. The Bertz CT molecular complexity index is 2200. The van der Waals surface area contributed by atoms with Crippen molar-refractivity contribution in [3.8, 4) is 5.75 Å². The molecule has 1 aromatic carbocycles. The van der Waals surface area contributed by atoms with Crippen molar-refractivity contribution in [2.24, 2.45) is 11.8 Å². The third-order valence-electron chi connectivity index (χ3n) is 11.5. The summed E-state index contributed by atoms with van der Waals surface area (Å²) in [6.45, 7) is 1.64. The molecule has 350 valence electrons. The SMILES string of the molecule is CCC(C)[C@@H]1NC(=O)CNC(=O)[C@@H]2Cc3c([nH]c4cc(O)ccc34)S(=O)C[C@H](NC(=O)CNC1=O)C(=O)N[C@@H](CC(=O)O)C(=O)N1C[C@H](O)C[C@H]1C(=O)N[C@@H]([C@@H](C)[C@@H](O)CO)C(=O)N2. The maximum Gasteiger partial charge on any atom is 0.305 e. The van der Waals surface area contributed by atoms with Crippen LogP contribution in [0.3, 0.4) is 0 Å². The van der Waals surface area contributed by atoms with Crippen molar-refractivity contribution in [1.29, 1.82) is 0 Å². The zero-order valence-electron chi connectivity index (χ0n) is 35.0. The topological polar surface area (TPSA) is 375 Å². The van der Waals surface area contributed by atoms with Gasteiger partial charge in [-0.05, 0) is 23.6 Å². The molecule has 4 heterocycles. The fraction of sp³-hybridized carbons (Fsp3) is 0.564. The second kappa shape index (κ2) is 21.0. The number of aromatic amines is 1. The van der Waals surface area contributed by atoms with Gasteiger partial charge in [-0.15, -0.1) is 0 Å². The number of amides is 8. The molecule has 2 aromatic rings. The van der Waals surface area contributed by atoms with E-state index < -0.39 is 176 Å². The fourth-order valence-electron chi connectivity index (χ4n) is 7.67. The summed E-state index contributed by atoms with van der Waals surface area (Å²) in [7, 11) is -2.41. The van der Waals surface area contributed by atoms with Crippen molar-refractivity contribution in [3.05, 3.63) is 23.8 Å². The summed E-state index contributed by atoms with van der Waals surface area (Å²) in [6.07, 6.45) is -4.74. The lowest BCUT2D eigenvalue weighted by molar-refractivity contribution is -0.146. The molecule has 8 amide bonds. The van der Waals surface area contributed by atoms with E-state index in [9.17, 15) is 72.9 Å². The van der Waals surface area contributed by atoms with Crippen LogP contribution in [0.4, 0.5) is 0 Å². The maximum absolute atomic E-state index is 14.5. The second-order valence-electron chi connectivity index (χ2n) is 16.1. The largest absolute Gasteiger partial charge is 0.508 e. The van der Waals surface area contributed by atoms with Gasteiger partial charge in [0.2, 0.25) is 47.3 Å². The number of benzene rings is 1. The molecular formula is C39H53N9O15S. The summed E-state index contributed by atoms with van der Waals surface area (Å²) in [6, 6.07) is -6.28. The summed E-state index contributed by atoms with van der Waals surface area (Å²) in [4.78, 5) is 127. The molecule has 2 unspecified atom stereocenters. The molecule has 1 fully saturated rings. The molecule has 64 heavy (non-hydrogen) atoms. The number of fused-ring (bicyclic) bond motifs is 5. The minimum Gasteiger partial charge on any atom is -0.508 e. The molecule has 24 nitrogen and oxygen atoms in total. The number of aliphatic carboxylic acids is 1. The number of rotatable bonds is 7. The Morgan fingerprint density at radius 1 is 0.859 bits per heavy atom. The quantitative estimate of drug-likeness (QED) is 0.123. The summed E-state index contributed by atoms with van der Waals surface area (Å²) < 4.78 is 14.5. The second-order valence-corrected chi connectivity index (χ2v) is 17.5. The highest BCUT2D eigenvalue weighted by atomic mass is 32.2. The van der Waals surface area contributed by atoms with E-state index in [4.69, 9.17) is 0 Å². The van der Waals surface area contributed by atoms with Crippen molar-refractivity contribution < 1.29 is 72.9 Å². The molecule has 0 spiro atoms. The van der Waals surface area contributed by atoms with Crippen LogP contribution in [0.25, 0.3) is 10.9 Å². The third-order valence-corrected chi connectivity index (χ3v) is 12.9. The zero-order chi connectivity index (χ0) is 47.2. The normalized spacial score (nSPS) is 28.5. The van der Waals surface area contributed by atoms with Crippen molar-refractivity contribution in [3.63, 3.8) is 0 Å². The van der Waals surface area contributed by atoms with Crippen LogP contribution in [0.2, 0.25) is 0 Å². The molecule has 5 rings (SSSR count). The minimum atomic E-state index is -2.41. The number of nitrogens with one attached hydrogen (secondary N) is 8. The number of hydrogen-bond donors (Lipinski definition) is 13. The van der Waals surface area contributed by atoms with Crippen molar-refractivity contribution >= 4 is 74.9 Å². The van der Waals surface area contributed by atoms with Gasteiger partial charge in [-0.25, -0.2) is 0 Å². The van der Waals surface area contributed by atoms with Crippen LogP contribution in [0.15, 0.2) is 23.2 Å². The predicted molar refractivity (Wildman–Crippen MR) is 221 cm³/mol. The van der Waals surface area contributed by atoms with Crippen molar-refractivity contribution in [2.45, 2.75) is 99.9 Å². The highest BCUT2D eigenvalue weighted by Gasteiger charge is 2.45. The first-order valence-corrected chi connectivity index (χ1v) is 21.8. The van der Waals surface area contributed by atoms with E-state index in [1.54, 1.807) is 13.8 Å². The van der Waals surface area contributed by atoms with Crippen LogP contribution in [-0.2, 0) is 60.4 Å². The van der Waals surface area contributed by atoms with Crippen molar-refractivity contribution in [1.82, 2.24) is 47.1 Å². The van der Waals surface area contributed by atoms with Crippen LogP contribution >= 0.6 is 0 Å². The highest BCUT2D eigenvalue weighted by molar-refractivity contribution is 7.85. The lowest BCUT2D eigenvalue weighted by Crippen LogP contribution is -2.62. The summed E-state index contributed by atoms with van der Waals surface area (Å²) in [5.41, 5.74) is 0.220. The van der Waals surface area contributed by atoms with Crippen LogP contribution < -0.4 is 37.2 Å². The molecule has 2 bridgehead atoms. The Balaban J connectivity index is 1.73. The van der Waals surface area contributed by atoms with Gasteiger partial charge in [0.15, 0.2) is 0 Å². The number of aliphatic hydroxyl groups is 3. The van der Waals surface area contributed by atoms with E-state index in [-0.39, 0.29) is 27.2 Å². The first kappa shape index (κ1) is 48.8. The molecule has 13 N–H and O–H groups in total. The van der Waals surface area contributed by atoms with Crippen LogP contribution in [-0.4, -0.2) is 173 Å². The molecule has 11 atom stereocenters. The maximum atomic E-state index is 14.5. The van der Waals surface area contributed by atoms with Gasteiger partial charge in [0.25, 0.3) is 0 Å². The van der Waals surface area contributed by atoms with Gasteiger partial charge in [0.05, 0.1) is 60.4 Å². The van der Waals surface area contributed by atoms with Gasteiger partial charge in [-0.2, -0.15) is 0 Å². The van der Waals surface area contributed by atoms with Crippen LogP contribution in [0.5, 0.6) is 5.75 Å². The first-order valence-electron chi connectivity index (χ1n) is 20.5. The number of carbonyl (C=O) groups excluding carboxylic acids is 8. The number of carboxylic acids is 1. The Kier molecular flexibility index (Phi) is 16.0. The highest BCUT2D eigenvalue weighted by Crippen LogP contribution is 2.30. The number of carbonyl (C=O) groups is 9. The fourth-order valence-corrected chi connectivity index (χ4v) is 9.07. The molecule has 25 heteroatoms. The Hall–Kier alpha value is -6.18. The van der Waals surface area contributed by atoms with Gasteiger partial charge in [0, 0.05) is 36.8 Å². The number of phenols is 1. The molecule has 1 saturated heterocycles. The lowest BCUT2D eigenvalue weighted by Gasteiger charge is -2.32. The number of aliphatic hydroxyl groups excluding tert-OH is 3. The van der Waals surface area contributed by atoms with Gasteiger partial charge < -0.3 is 72.6 Å². The Morgan fingerprint density at radius 2 is 1.53 bits per heavy atom. The average molecular weight is 920 g/mol. The van der Waals surface area contributed by atoms with E-state index in [1.165, 1.54) is 25.1 Å². The van der Waals surface area contributed by atoms with E-state index in [0.717, 1.165) is 4.90 Å². The van der Waals surface area contributed by atoms with E-state index in [0.29, 0.717) is 6.42 Å². The molecule has 3 aliphatic rings. The van der Waals surface area contributed by atoms with Crippen LogP contribution in [0.1, 0.15) is 45.6 Å². The van der Waals surface area contributed by atoms with Gasteiger partial charge in [-0.3, -0.25) is 47.4 Å². The van der Waals surface area contributed by atoms with Gasteiger partial charge in [0.1, 0.15) is 47.0 Å². The lowest BCUT2D eigenvalue weighted by atomic mass is 9.93. The predicted octanol–water partition coefficient (Wildman–Crippen LogP) is -5.32. The zero-order valence-corrected chi connectivity index (χ0v) is 35.9. The molecule has 0 aliphatic carbocycles. The van der Waals surface area contributed by atoms with Gasteiger partial charge >= 0.3 is 5.97 Å². The smallest absolute Gasteiger partial charge is 0.305 e. The summed E-state index contributed by atoms with van der Waals surface area (Å²) in [5, 5.41) is 68.3.